The van der Waals surface area contributed by atoms with Crippen molar-refractivity contribution in [2.45, 2.75) is 52.2 Å². The summed E-state index contributed by atoms with van der Waals surface area (Å²) in [5.74, 6) is 0.530. The lowest BCUT2D eigenvalue weighted by Gasteiger charge is -2.37. The number of nitrogens with zero attached hydrogens (tertiary/aromatic N) is 2. The summed E-state index contributed by atoms with van der Waals surface area (Å²) in [6.07, 6.45) is 1.70. The van der Waals surface area contributed by atoms with Crippen LogP contribution in [0.2, 0.25) is 10.0 Å². The highest BCUT2D eigenvalue weighted by atomic mass is 35.5. The molecule has 7 nitrogen and oxygen atoms in total. The Balaban J connectivity index is 1.76. The molecule has 0 radical (unpaired) electrons. The van der Waals surface area contributed by atoms with Crippen LogP contribution in [0.15, 0.2) is 0 Å². The minimum atomic E-state index is -0.569. The molecule has 9 heteroatoms. The molecule has 0 bridgehead atoms. The Hall–Kier alpha value is -1.86. The summed E-state index contributed by atoms with van der Waals surface area (Å²) in [5, 5.41) is 0.884. The summed E-state index contributed by atoms with van der Waals surface area (Å²) in [6.45, 7) is 7.33. The molecular weight excluding hydrogens is 443 g/mol. The van der Waals surface area contributed by atoms with Gasteiger partial charge in [-0.2, -0.15) is 0 Å². The van der Waals surface area contributed by atoms with Crippen molar-refractivity contribution < 1.29 is 23.8 Å². The number of hydrogen-bond donors (Lipinski definition) is 0. The maximum atomic E-state index is 13.3. The average Bonchev–Trinajstić information content (AvgIpc) is 2.74. The second-order valence-corrected chi connectivity index (χ2v) is 9.68. The summed E-state index contributed by atoms with van der Waals surface area (Å²) < 4.78 is 16.3. The molecule has 1 saturated heterocycles. The molecule has 1 aromatic carbocycles. The van der Waals surface area contributed by atoms with Gasteiger partial charge in [-0.15, -0.1) is 0 Å². The van der Waals surface area contributed by atoms with Gasteiger partial charge in [-0.3, -0.25) is 4.79 Å². The zero-order valence-electron chi connectivity index (χ0n) is 18.7. The minimum absolute atomic E-state index is 0.0147. The summed E-state index contributed by atoms with van der Waals surface area (Å²) in [4.78, 5) is 29.2. The Kier molecular flexibility index (Phi) is 7.16. The predicted octanol–water partition coefficient (Wildman–Crippen LogP) is 4.54. The normalized spacial score (nSPS) is 19.0. The predicted molar refractivity (Wildman–Crippen MR) is 119 cm³/mol. The van der Waals surface area contributed by atoms with Crippen molar-refractivity contribution in [3.8, 4) is 11.5 Å². The number of likely N-dealkylation sites (tertiary alicyclic amines) is 1. The first-order chi connectivity index (χ1) is 14.6. The molecule has 0 spiro atoms. The number of carbonyl (C=O) groups is 2. The third-order valence-corrected chi connectivity index (χ3v) is 6.42. The van der Waals surface area contributed by atoms with Crippen LogP contribution in [0.25, 0.3) is 0 Å². The zero-order chi connectivity index (χ0) is 22.9. The van der Waals surface area contributed by atoms with Gasteiger partial charge >= 0.3 is 6.09 Å². The lowest BCUT2D eigenvalue weighted by atomic mass is 9.93. The van der Waals surface area contributed by atoms with Crippen LogP contribution in [0.5, 0.6) is 11.5 Å². The topological polar surface area (TPSA) is 68.3 Å². The largest absolute Gasteiger partial charge is 0.491 e. The van der Waals surface area contributed by atoms with Gasteiger partial charge in [-0.1, -0.05) is 23.2 Å². The highest BCUT2D eigenvalue weighted by Crippen LogP contribution is 2.47. The Labute approximate surface area is 193 Å². The van der Waals surface area contributed by atoms with Crippen molar-refractivity contribution in [1.82, 2.24) is 9.80 Å². The molecule has 0 aromatic heterocycles. The molecule has 2 heterocycles. The molecule has 0 N–H and O–H groups in total. The maximum Gasteiger partial charge on any atom is 0.410 e. The monoisotopic (exact) mass is 472 g/mol. The molecule has 2 amide bonds. The number of methoxy groups -OCH3 is 2. The van der Waals surface area contributed by atoms with E-state index in [2.05, 4.69) is 0 Å². The number of benzene rings is 1. The number of ether oxygens (including phenoxy) is 3. The Bertz CT molecular complexity index is 869. The summed E-state index contributed by atoms with van der Waals surface area (Å²) >= 11 is 13.1. The van der Waals surface area contributed by atoms with E-state index in [9.17, 15) is 9.59 Å². The van der Waals surface area contributed by atoms with Crippen molar-refractivity contribution in [2.24, 2.45) is 5.92 Å². The number of halogens is 2. The lowest BCUT2D eigenvalue weighted by Crippen LogP contribution is -2.48. The van der Waals surface area contributed by atoms with Gasteiger partial charge in [0.2, 0.25) is 5.91 Å². The lowest BCUT2D eigenvalue weighted by molar-refractivity contribution is -0.138. The van der Waals surface area contributed by atoms with Gasteiger partial charge in [-0.25, -0.2) is 4.79 Å². The van der Waals surface area contributed by atoms with Crippen molar-refractivity contribution in [2.75, 3.05) is 33.9 Å². The number of hydrogen-bond acceptors (Lipinski definition) is 5. The highest BCUT2D eigenvalue weighted by molar-refractivity contribution is 6.37. The molecule has 3 rings (SSSR count). The first kappa shape index (κ1) is 23.8. The van der Waals surface area contributed by atoms with Crippen LogP contribution in [-0.4, -0.2) is 61.3 Å². The molecule has 0 saturated carbocycles. The van der Waals surface area contributed by atoms with Crippen LogP contribution < -0.4 is 9.47 Å². The van der Waals surface area contributed by atoms with Crippen molar-refractivity contribution in [3.63, 3.8) is 0 Å². The third-order valence-electron chi connectivity index (χ3n) is 5.62. The highest BCUT2D eigenvalue weighted by Gasteiger charge is 2.36. The van der Waals surface area contributed by atoms with E-state index in [1.54, 1.807) is 9.80 Å². The maximum absolute atomic E-state index is 13.3. The van der Waals surface area contributed by atoms with E-state index in [1.165, 1.54) is 14.2 Å². The molecule has 31 heavy (non-hydrogen) atoms. The van der Waals surface area contributed by atoms with Crippen LogP contribution in [0.3, 0.4) is 0 Å². The van der Waals surface area contributed by atoms with Gasteiger partial charge in [0.15, 0.2) is 11.5 Å². The zero-order valence-corrected chi connectivity index (χ0v) is 20.2. The molecule has 172 valence electrons. The summed E-state index contributed by atoms with van der Waals surface area (Å²) in [5.41, 5.74) is 1.09. The van der Waals surface area contributed by atoms with E-state index in [-0.39, 0.29) is 17.9 Å². The van der Waals surface area contributed by atoms with Gasteiger partial charge in [0.1, 0.15) is 5.60 Å². The number of rotatable bonds is 3. The molecule has 0 aliphatic carbocycles. The first-order valence-corrected chi connectivity index (χ1v) is 11.2. The molecule has 2 aliphatic heterocycles. The van der Waals surface area contributed by atoms with E-state index < -0.39 is 5.60 Å². The third kappa shape index (κ3) is 4.98. The fourth-order valence-electron chi connectivity index (χ4n) is 4.16. The van der Waals surface area contributed by atoms with E-state index >= 15 is 0 Å². The standard InChI is InChI=1S/C22H30Cl2N2O5/c1-22(2,3)31-21(28)26-9-6-7-13(11-26)20(27)25-10-8-14-15(12-25)17(24)19(30-5)18(29-4)16(14)23/h13H,6-12H2,1-5H3. The van der Waals surface area contributed by atoms with Crippen LogP contribution >= 0.6 is 23.2 Å². The second-order valence-electron chi connectivity index (χ2n) is 8.93. The van der Waals surface area contributed by atoms with Gasteiger partial charge in [-0.05, 0) is 51.2 Å². The van der Waals surface area contributed by atoms with Crippen LogP contribution in [0.4, 0.5) is 4.79 Å². The number of piperidine rings is 1. The van der Waals surface area contributed by atoms with Crippen LogP contribution in [-0.2, 0) is 22.5 Å². The quantitative estimate of drug-likeness (QED) is 0.645. The molecule has 1 fully saturated rings. The molecule has 2 aliphatic rings. The summed E-state index contributed by atoms with van der Waals surface area (Å²) in [6, 6.07) is 0. The van der Waals surface area contributed by atoms with E-state index in [1.807, 2.05) is 20.8 Å². The second kappa shape index (κ2) is 9.33. The van der Waals surface area contributed by atoms with E-state index in [0.29, 0.717) is 54.1 Å². The van der Waals surface area contributed by atoms with Crippen LogP contribution in [0.1, 0.15) is 44.7 Å². The number of carbonyl (C=O) groups excluding carboxylic acids is 2. The van der Waals surface area contributed by atoms with Gasteiger partial charge in [0, 0.05) is 26.2 Å². The van der Waals surface area contributed by atoms with Gasteiger partial charge in [0.25, 0.3) is 0 Å². The fourth-order valence-corrected chi connectivity index (χ4v) is 4.87. The number of fused-ring (bicyclic) bond motifs is 1. The van der Waals surface area contributed by atoms with E-state index in [4.69, 9.17) is 37.4 Å². The Morgan fingerprint density at radius 1 is 0.968 bits per heavy atom. The minimum Gasteiger partial charge on any atom is -0.491 e. The summed E-state index contributed by atoms with van der Waals surface area (Å²) in [7, 11) is 3.02. The molecule has 1 aromatic rings. The van der Waals surface area contributed by atoms with Crippen LogP contribution in [0, 0.1) is 5.92 Å². The Morgan fingerprint density at radius 2 is 1.58 bits per heavy atom. The SMILES string of the molecule is COc1c(Cl)c2c(c(Cl)c1OC)CN(C(=O)C1CCCN(C(=O)OC(C)(C)C)C1)CC2. The van der Waals surface area contributed by atoms with Crippen molar-refractivity contribution in [3.05, 3.63) is 21.2 Å². The van der Waals surface area contributed by atoms with Crippen molar-refractivity contribution >= 4 is 35.2 Å². The smallest absolute Gasteiger partial charge is 0.410 e. The molecule has 1 atom stereocenters. The van der Waals surface area contributed by atoms with Gasteiger partial charge in [0.05, 0.1) is 30.2 Å². The average molecular weight is 473 g/mol. The van der Waals surface area contributed by atoms with Gasteiger partial charge < -0.3 is 24.0 Å². The molecule has 1 unspecified atom stereocenters. The first-order valence-electron chi connectivity index (χ1n) is 10.4. The Morgan fingerprint density at radius 3 is 2.16 bits per heavy atom. The van der Waals surface area contributed by atoms with Crippen molar-refractivity contribution in [1.29, 1.82) is 0 Å². The molecular formula is C22H30Cl2N2O5. The number of amides is 2. The fraction of sp³-hybridized carbons (Fsp3) is 0.636. The van der Waals surface area contributed by atoms with E-state index in [0.717, 1.165) is 24.0 Å².